The average molecular weight is 299 g/mol. The van der Waals surface area contributed by atoms with Crippen molar-refractivity contribution in [1.29, 1.82) is 0 Å². The monoisotopic (exact) mass is 299 g/mol. The molecule has 0 aliphatic heterocycles. The van der Waals surface area contributed by atoms with Gasteiger partial charge in [-0.05, 0) is 24.3 Å². The molecule has 0 aliphatic rings. The predicted molar refractivity (Wildman–Crippen MR) is 85.3 cm³/mol. The molecule has 3 N–H and O–H groups in total. The molecule has 2 aromatic carbocycles. The fourth-order valence-corrected chi connectivity index (χ4v) is 1.88. The number of nitrogens with two attached hydrogens (primary N) is 1. The summed E-state index contributed by atoms with van der Waals surface area (Å²) < 4.78 is 10.7. The molecule has 0 atom stereocenters. The average Bonchev–Trinajstić information content (AvgIpc) is 2.55. The van der Waals surface area contributed by atoms with Crippen LogP contribution in [0.3, 0.4) is 0 Å². The van der Waals surface area contributed by atoms with E-state index in [2.05, 4.69) is 10.4 Å². The number of carbonyl (C=O) groups excluding carboxylic acids is 1. The number of hydrazone groups is 1. The first-order valence-electron chi connectivity index (χ1n) is 6.62. The maximum Gasteiger partial charge on any atom is 0.262 e. The van der Waals surface area contributed by atoms with Gasteiger partial charge in [-0.3, -0.25) is 4.79 Å². The number of carbonyl (C=O) groups is 1. The second kappa shape index (κ2) is 7.68. The van der Waals surface area contributed by atoms with Crippen molar-refractivity contribution in [2.75, 3.05) is 19.0 Å². The lowest BCUT2D eigenvalue weighted by Gasteiger charge is -2.11. The highest BCUT2D eigenvalue weighted by molar-refractivity contribution is 5.93. The predicted octanol–water partition coefficient (Wildman–Crippen LogP) is 2.01. The highest BCUT2D eigenvalue weighted by Gasteiger charge is 2.08. The zero-order valence-electron chi connectivity index (χ0n) is 12.2. The molecule has 0 saturated heterocycles. The minimum absolute atomic E-state index is 0.131. The number of hydrogen-bond donors (Lipinski definition) is 2. The minimum atomic E-state index is -0.288. The molecule has 6 heteroatoms. The number of benzene rings is 2. The molecule has 0 unspecified atom stereocenters. The van der Waals surface area contributed by atoms with Gasteiger partial charge in [0.15, 0.2) is 6.61 Å². The molecule has 2 rings (SSSR count). The van der Waals surface area contributed by atoms with E-state index in [1.807, 2.05) is 18.2 Å². The summed E-state index contributed by atoms with van der Waals surface area (Å²) in [5.41, 5.74) is 1.30. The van der Waals surface area contributed by atoms with E-state index < -0.39 is 0 Å². The normalized spacial score (nSPS) is 10.4. The Morgan fingerprint density at radius 3 is 2.59 bits per heavy atom. The number of amides is 1. The van der Waals surface area contributed by atoms with Crippen LogP contribution in [0.5, 0.6) is 11.5 Å². The van der Waals surface area contributed by atoms with Gasteiger partial charge in [-0.2, -0.15) is 5.10 Å². The lowest BCUT2D eigenvalue weighted by Crippen LogP contribution is -2.20. The third kappa shape index (κ3) is 3.99. The van der Waals surface area contributed by atoms with E-state index in [-0.39, 0.29) is 12.5 Å². The molecule has 22 heavy (non-hydrogen) atoms. The Labute approximate surface area is 128 Å². The minimum Gasteiger partial charge on any atom is -0.495 e. The highest BCUT2D eigenvalue weighted by Crippen LogP contribution is 2.23. The molecule has 0 fully saturated rings. The van der Waals surface area contributed by atoms with Crippen LogP contribution >= 0.6 is 0 Å². The van der Waals surface area contributed by atoms with Crippen molar-refractivity contribution >= 4 is 17.8 Å². The Morgan fingerprint density at radius 1 is 1.18 bits per heavy atom. The van der Waals surface area contributed by atoms with E-state index in [0.717, 1.165) is 0 Å². The molecule has 1 amide bonds. The van der Waals surface area contributed by atoms with Crippen molar-refractivity contribution in [3.05, 3.63) is 54.1 Å². The maximum absolute atomic E-state index is 12.0. The summed E-state index contributed by atoms with van der Waals surface area (Å²) in [6.07, 6.45) is 1.47. The molecule has 0 aliphatic carbocycles. The van der Waals surface area contributed by atoms with Crippen LogP contribution in [0, 0.1) is 0 Å². The zero-order chi connectivity index (χ0) is 15.8. The molecule has 0 saturated carbocycles. The Kier molecular flexibility index (Phi) is 5.37. The van der Waals surface area contributed by atoms with Crippen molar-refractivity contribution < 1.29 is 14.3 Å². The van der Waals surface area contributed by atoms with E-state index >= 15 is 0 Å². The summed E-state index contributed by atoms with van der Waals surface area (Å²) in [6.45, 7) is -0.131. The van der Waals surface area contributed by atoms with Crippen LogP contribution in [0.25, 0.3) is 0 Å². The summed E-state index contributed by atoms with van der Waals surface area (Å²) >= 11 is 0. The maximum atomic E-state index is 12.0. The van der Waals surface area contributed by atoms with Gasteiger partial charge in [-0.1, -0.05) is 24.3 Å². The standard InChI is InChI=1S/C16H17N3O3/c1-21-15-9-5-3-7-13(15)19-16(20)11-22-14-8-4-2-6-12(14)10-18-17/h2-10H,11,17H2,1H3,(H,19,20). The second-order valence-electron chi connectivity index (χ2n) is 4.35. The first kappa shape index (κ1) is 15.4. The number of nitrogens with zero attached hydrogens (tertiary/aromatic N) is 1. The topological polar surface area (TPSA) is 85.9 Å². The smallest absolute Gasteiger partial charge is 0.262 e. The first-order valence-corrected chi connectivity index (χ1v) is 6.62. The fourth-order valence-electron chi connectivity index (χ4n) is 1.88. The summed E-state index contributed by atoms with van der Waals surface area (Å²) in [7, 11) is 1.55. The van der Waals surface area contributed by atoms with Crippen molar-refractivity contribution in [2.45, 2.75) is 0 Å². The number of para-hydroxylation sites is 3. The van der Waals surface area contributed by atoms with Gasteiger partial charge in [0, 0.05) is 5.56 Å². The Bertz CT molecular complexity index is 671. The van der Waals surface area contributed by atoms with Crippen molar-refractivity contribution in [3.8, 4) is 11.5 Å². The molecular weight excluding hydrogens is 282 g/mol. The number of hydrogen-bond acceptors (Lipinski definition) is 5. The van der Waals surface area contributed by atoms with Crippen LogP contribution in [-0.4, -0.2) is 25.8 Å². The lowest BCUT2D eigenvalue weighted by molar-refractivity contribution is -0.118. The van der Waals surface area contributed by atoms with E-state index in [0.29, 0.717) is 22.7 Å². The third-order valence-electron chi connectivity index (χ3n) is 2.87. The Balaban J connectivity index is 1.99. The highest BCUT2D eigenvalue weighted by atomic mass is 16.5. The summed E-state index contributed by atoms with van der Waals surface area (Å²) in [4.78, 5) is 12.0. The molecule has 0 heterocycles. The Morgan fingerprint density at radius 2 is 1.86 bits per heavy atom. The molecule has 0 spiro atoms. The number of methoxy groups -OCH3 is 1. The van der Waals surface area contributed by atoms with Crippen molar-refractivity contribution in [1.82, 2.24) is 0 Å². The number of nitrogens with one attached hydrogen (secondary N) is 1. The number of ether oxygens (including phenoxy) is 2. The van der Waals surface area contributed by atoms with Gasteiger partial charge in [-0.15, -0.1) is 0 Å². The first-order chi connectivity index (χ1) is 10.7. The fraction of sp³-hybridized carbons (Fsp3) is 0.125. The van der Waals surface area contributed by atoms with Gasteiger partial charge in [0.05, 0.1) is 19.0 Å². The molecule has 0 radical (unpaired) electrons. The summed E-state index contributed by atoms with van der Waals surface area (Å²) in [6, 6.07) is 14.3. The van der Waals surface area contributed by atoms with E-state index in [9.17, 15) is 4.79 Å². The van der Waals surface area contributed by atoms with Gasteiger partial charge < -0.3 is 20.6 Å². The summed E-state index contributed by atoms with van der Waals surface area (Å²) in [5.74, 6) is 5.98. The van der Waals surface area contributed by atoms with Crippen LogP contribution in [0.15, 0.2) is 53.6 Å². The molecule has 114 valence electrons. The quantitative estimate of drug-likeness (QED) is 0.485. The van der Waals surface area contributed by atoms with Crippen LogP contribution in [0.4, 0.5) is 5.69 Å². The van der Waals surface area contributed by atoms with Gasteiger partial charge in [0.2, 0.25) is 0 Å². The Hall–Kier alpha value is -3.02. The van der Waals surface area contributed by atoms with Crippen LogP contribution in [0.2, 0.25) is 0 Å². The van der Waals surface area contributed by atoms with Gasteiger partial charge >= 0.3 is 0 Å². The molecule has 0 bridgehead atoms. The van der Waals surface area contributed by atoms with Crippen LogP contribution in [-0.2, 0) is 4.79 Å². The molecule has 6 nitrogen and oxygen atoms in total. The number of anilines is 1. The van der Waals surface area contributed by atoms with Gasteiger partial charge in [-0.25, -0.2) is 0 Å². The van der Waals surface area contributed by atoms with Crippen LogP contribution < -0.4 is 20.6 Å². The second-order valence-corrected chi connectivity index (χ2v) is 4.35. The number of rotatable bonds is 6. The molecule has 2 aromatic rings. The molecular formula is C16H17N3O3. The van der Waals surface area contributed by atoms with Crippen LogP contribution in [0.1, 0.15) is 5.56 Å². The van der Waals surface area contributed by atoms with Crippen molar-refractivity contribution in [3.63, 3.8) is 0 Å². The summed E-state index contributed by atoms with van der Waals surface area (Å²) in [5, 5.41) is 6.20. The van der Waals surface area contributed by atoms with E-state index in [1.54, 1.807) is 37.4 Å². The lowest BCUT2D eigenvalue weighted by atomic mass is 10.2. The SMILES string of the molecule is COc1ccccc1NC(=O)COc1ccccc1C=NN. The van der Waals surface area contributed by atoms with Gasteiger partial charge in [0.1, 0.15) is 11.5 Å². The molecule has 0 aromatic heterocycles. The largest absolute Gasteiger partial charge is 0.495 e. The van der Waals surface area contributed by atoms with Crippen molar-refractivity contribution in [2.24, 2.45) is 10.9 Å². The third-order valence-corrected chi connectivity index (χ3v) is 2.87. The van der Waals surface area contributed by atoms with Gasteiger partial charge in [0.25, 0.3) is 5.91 Å². The van der Waals surface area contributed by atoms with E-state index in [4.69, 9.17) is 15.3 Å². The van der Waals surface area contributed by atoms with E-state index in [1.165, 1.54) is 6.21 Å². The zero-order valence-corrected chi connectivity index (χ0v) is 12.2.